The summed E-state index contributed by atoms with van der Waals surface area (Å²) in [4.78, 5) is 28.4. The van der Waals surface area contributed by atoms with Gasteiger partial charge in [-0.3, -0.25) is 9.59 Å². The van der Waals surface area contributed by atoms with Gasteiger partial charge >= 0.3 is 0 Å². The Kier molecular flexibility index (Phi) is 5.23. The molecule has 4 aromatic rings. The number of carbonyl (C=O) groups is 2. The van der Waals surface area contributed by atoms with Crippen molar-refractivity contribution in [3.05, 3.63) is 59.0 Å². The lowest BCUT2D eigenvalue weighted by Gasteiger charge is -2.11. The predicted octanol–water partition coefficient (Wildman–Crippen LogP) is 2.53. The van der Waals surface area contributed by atoms with Gasteiger partial charge in [-0.2, -0.15) is 5.10 Å². The molecule has 0 aliphatic carbocycles. The van der Waals surface area contributed by atoms with E-state index in [4.69, 9.17) is 5.73 Å². The van der Waals surface area contributed by atoms with Crippen molar-refractivity contribution in [1.82, 2.24) is 24.8 Å². The van der Waals surface area contributed by atoms with Crippen LogP contribution in [0.2, 0.25) is 0 Å². The summed E-state index contributed by atoms with van der Waals surface area (Å²) in [6.45, 7) is 3.72. The molecule has 30 heavy (non-hydrogen) atoms. The van der Waals surface area contributed by atoms with Crippen LogP contribution in [0, 0.1) is 13.8 Å². The first-order valence-corrected chi connectivity index (χ1v) is 10.1. The molecule has 152 valence electrons. The smallest absolute Gasteiger partial charge is 0.254 e. The van der Waals surface area contributed by atoms with Gasteiger partial charge in [-0.15, -0.1) is 10.2 Å². The van der Waals surface area contributed by atoms with Crippen molar-refractivity contribution >= 4 is 33.9 Å². The minimum Gasteiger partial charge on any atom is -0.365 e. The maximum atomic E-state index is 12.4. The van der Waals surface area contributed by atoms with Crippen molar-refractivity contribution < 1.29 is 9.59 Å². The first-order chi connectivity index (χ1) is 14.4. The van der Waals surface area contributed by atoms with Crippen molar-refractivity contribution in [3.63, 3.8) is 0 Å². The number of aryl methyl sites for hydroxylation is 2. The van der Waals surface area contributed by atoms with E-state index in [2.05, 4.69) is 25.6 Å². The van der Waals surface area contributed by atoms with Gasteiger partial charge in [0.15, 0.2) is 5.65 Å². The molecule has 3 N–H and O–H groups in total. The topological polar surface area (TPSA) is 128 Å². The Bertz CT molecular complexity index is 1250. The van der Waals surface area contributed by atoms with Crippen LogP contribution in [-0.2, 0) is 11.2 Å². The predicted molar refractivity (Wildman–Crippen MR) is 113 cm³/mol. The first kappa shape index (κ1) is 19.6. The molecule has 0 saturated heterocycles. The Morgan fingerprint density at radius 1 is 1.17 bits per heavy atom. The van der Waals surface area contributed by atoms with Crippen molar-refractivity contribution in [2.24, 2.45) is 5.73 Å². The maximum absolute atomic E-state index is 12.4. The third kappa shape index (κ3) is 3.77. The van der Waals surface area contributed by atoms with E-state index in [-0.39, 0.29) is 17.9 Å². The summed E-state index contributed by atoms with van der Waals surface area (Å²) in [5, 5.41) is 16.4. The van der Waals surface area contributed by atoms with Crippen LogP contribution in [0.4, 0.5) is 5.13 Å². The zero-order valence-electron chi connectivity index (χ0n) is 16.4. The fourth-order valence-corrected chi connectivity index (χ4v) is 4.00. The molecule has 9 nitrogen and oxygen atoms in total. The van der Waals surface area contributed by atoms with E-state index in [1.54, 1.807) is 4.52 Å². The van der Waals surface area contributed by atoms with E-state index in [0.717, 1.165) is 27.5 Å². The Morgan fingerprint density at radius 2 is 1.93 bits per heavy atom. The van der Waals surface area contributed by atoms with E-state index in [1.807, 2.05) is 44.2 Å². The number of nitrogens with zero attached hydrogens (tertiary/aromatic N) is 5. The average Bonchev–Trinajstić information content (AvgIpc) is 3.35. The molecular formula is C20H19N7O2S. The lowest BCUT2D eigenvalue weighted by Crippen LogP contribution is -2.15. The molecule has 0 atom stereocenters. The molecule has 0 saturated carbocycles. The number of hydrogen-bond acceptors (Lipinski definition) is 7. The molecule has 0 radical (unpaired) electrons. The van der Waals surface area contributed by atoms with Crippen molar-refractivity contribution in [3.8, 4) is 10.6 Å². The lowest BCUT2D eigenvalue weighted by molar-refractivity contribution is -0.116. The number of nitrogens with one attached hydrogen (secondary N) is 1. The first-order valence-electron chi connectivity index (χ1n) is 9.26. The molecule has 10 heteroatoms. The van der Waals surface area contributed by atoms with Gasteiger partial charge < -0.3 is 11.1 Å². The van der Waals surface area contributed by atoms with Crippen LogP contribution in [0.5, 0.6) is 0 Å². The molecule has 1 aromatic carbocycles. The largest absolute Gasteiger partial charge is 0.365 e. The SMILES string of the molecule is Cc1nc2c(C(N)=O)cnn2c(C)c1CCC(=O)Nc1nnc(-c2ccccc2)s1. The molecule has 2 amide bonds. The summed E-state index contributed by atoms with van der Waals surface area (Å²) < 4.78 is 1.58. The second-order valence-electron chi connectivity index (χ2n) is 6.75. The summed E-state index contributed by atoms with van der Waals surface area (Å²) in [7, 11) is 0. The highest BCUT2D eigenvalue weighted by Gasteiger charge is 2.17. The van der Waals surface area contributed by atoms with Gasteiger partial charge in [0, 0.05) is 23.4 Å². The fraction of sp³-hybridized carbons (Fsp3) is 0.200. The number of carbonyl (C=O) groups excluding carboxylic acids is 2. The normalized spacial score (nSPS) is 11.0. The number of primary amides is 1. The summed E-state index contributed by atoms with van der Waals surface area (Å²) in [6, 6.07) is 9.67. The summed E-state index contributed by atoms with van der Waals surface area (Å²) in [5.41, 5.74) is 9.49. The second kappa shape index (κ2) is 7.99. The Labute approximate surface area is 176 Å². The highest BCUT2D eigenvalue weighted by atomic mass is 32.1. The van der Waals surface area contributed by atoms with Gasteiger partial charge in [-0.25, -0.2) is 9.50 Å². The van der Waals surface area contributed by atoms with E-state index in [9.17, 15) is 9.59 Å². The molecule has 4 rings (SSSR count). The zero-order chi connectivity index (χ0) is 21.3. The quantitative estimate of drug-likeness (QED) is 0.492. The molecule has 0 bridgehead atoms. The van der Waals surface area contributed by atoms with E-state index >= 15 is 0 Å². The Morgan fingerprint density at radius 3 is 2.67 bits per heavy atom. The lowest BCUT2D eigenvalue weighted by atomic mass is 10.1. The van der Waals surface area contributed by atoms with Gasteiger partial charge in [0.2, 0.25) is 11.0 Å². The highest BCUT2D eigenvalue weighted by Crippen LogP contribution is 2.26. The van der Waals surface area contributed by atoms with Crippen molar-refractivity contribution in [1.29, 1.82) is 0 Å². The van der Waals surface area contributed by atoms with E-state index < -0.39 is 5.91 Å². The molecule has 0 aliphatic heterocycles. The van der Waals surface area contributed by atoms with Gasteiger partial charge in [0.1, 0.15) is 10.6 Å². The Balaban J connectivity index is 1.46. The van der Waals surface area contributed by atoms with Gasteiger partial charge in [-0.1, -0.05) is 41.7 Å². The number of anilines is 1. The van der Waals surface area contributed by atoms with E-state index in [1.165, 1.54) is 17.5 Å². The molecule has 3 heterocycles. The number of benzene rings is 1. The third-order valence-electron chi connectivity index (χ3n) is 4.77. The summed E-state index contributed by atoms with van der Waals surface area (Å²) in [5.74, 6) is -0.738. The molecule has 0 spiro atoms. The summed E-state index contributed by atoms with van der Waals surface area (Å²) in [6.07, 6.45) is 2.13. The fourth-order valence-electron chi connectivity index (χ4n) is 3.24. The van der Waals surface area contributed by atoms with Gasteiger partial charge in [0.05, 0.1) is 6.20 Å². The molecule has 0 fully saturated rings. The van der Waals surface area contributed by atoms with Crippen molar-refractivity contribution in [2.75, 3.05) is 5.32 Å². The van der Waals surface area contributed by atoms with Crippen LogP contribution in [0.3, 0.4) is 0 Å². The number of fused-ring (bicyclic) bond motifs is 1. The second-order valence-corrected chi connectivity index (χ2v) is 7.72. The van der Waals surface area contributed by atoms with Crippen LogP contribution in [0.25, 0.3) is 16.2 Å². The number of nitrogens with two attached hydrogens (primary N) is 1. The third-order valence-corrected chi connectivity index (χ3v) is 5.66. The Hall–Kier alpha value is -3.66. The molecular weight excluding hydrogens is 402 g/mol. The maximum Gasteiger partial charge on any atom is 0.254 e. The van der Waals surface area contributed by atoms with Crippen LogP contribution in [0.1, 0.15) is 33.7 Å². The highest BCUT2D eigenvalue weighted by molar-refractivity contribution is 7.18. The minimum absolute atomic E-state index is 0.164. The molecule has 0 unspecified atom stereocenters. The van der Waals surface area contributed by atoms with Crippen molar-refractivity contribution in [2.45, 2.75) is 26.7 Å². The number of hydrogen-bond donors (Lipinski definition) is 2. The summed E-state index contributed by atoms with van der Waals surface area (Å²) >= 11 is 1.33. The van der Waals surface area contributed by atoms with Crippen LogP contribution >= 0.6 is 11.3 Å². The van der Waals surface area contributed by atoms with Crippen LogP contribution < -0.4 is 11.1 Å². The van der Waals surface area contributed by atoms with Crippen LogP contribution in [0.15, 0.2) is 36.5 Å². The van der Waals surface area contributed by atoms with Crippen LogP contribution in [-0.4, -0.2) is 36.6 Å². The standard InChI is InChI=1S/C20H19N7O2S/c1-11-14(12(2)27-18(23-11)15(10-22-27)17(21)29)8-9-16(28)24-20-26-25-19(30-20)13-6-4-3-5-7-13/h3-7,10H,8-9H2,1-2H3,(H2,21,29)(H,24,26,28). The average molecular weight is 421 g/mol. The van der Waals surface area contributed by atoms with E-state index in [0.29, 0.717) is 17.2 Å². The zero-order valence-corrected chi connectivity index (χ0v) is 17.2. The monoisotopic (exact) mass is 421 g/mol. The van der Waals surface area contributed by atoms with Gasteiger partial charge in [0.25, 0.3) is 5.91 Å². The number of aromatic nitrogens is 5. The molecule has 0 aliphatic rings. The minimum atomic E-state index is -0.574. The number of amides is 2. The number of rotatable bonds is 6. The van der Waals surface area contributed by atoms with Gasteiger partial charge in [-0.05, 0) is 25.8 Å². The molecule has 3 aromatic heterocycles.